The van der Waals surface area contributed by atoms with Gasteiger partial charge in [0.25, 0.3) is 11.1 Å². The number of H-pyrrole nitrogens is 2. The van der Waals surface area contributed by atoms with Crippen molar-refractivity contribution in [2.75, 3.05) is 0 Å². The molecule has 0 bridgehead atoms. The van der Waals surface area contributed by atoms with Crippen LogP contribution >= 0.6 is 11.3 Å². The average molecular weight is 249 g/mol. The van der Waals surface area contributed by atoms with E-state index in [1.807, 2.05) is 0 Å². The largest absolute Gasteiger partial charge is 0.343 e. The van der Waals surface area contributed by atoms with E-state index in [0.29, 0.717) is 21.9 Å². The maximum Gasteiger partial charge on any atom is 0.277 e. The molecule has 0 atom stereocenters. The van der Waals surface area contributed by atoms with Crippen molar-refractivity contribution < 1.29 is 0 Å². The van der Waals surface area contributed by atoms with Crippen LogP contribution in [0, 0.1) is 6.92 Å². The highest BCUT2D eigenvalue weighted by molar-refractivity contribution is 7.12. The van der Waals surface area contributed by atoms with E-state index in [9.17, 15) is 9.59 Å². The van der Waals surface area contributed by atoms with Crippen molar-refractivity contribution in [1.29, 1.82) is 0 Å². The average Bonchev–Trinajstić information content (AvgIpc) is 2.84. The summed E-state index contributed by atoms with van der Waals surface area (Å²) in [5.74, 6) is 0. The van der Waals surface area contributed by atoms with Gasteiger partial charge in [0.05, 0.1) is 0 Å². The number of fused-ring (bicyclic) bond motifs is 1. The summed E-state index contributed by atoms with van der Waals surface area (Å²) >= 11 is 1.24. The smallest absolute Gasteiger partial charge is 0.277 e. The molecule has 0 aliphatic heterocycles. The Morgan fingerprint density at radius 3 is 2.94 bits per heavy atom. The molecule has 8 heteroatoms. The number of nitrogens with zero attached hydrogens (tertiary/aromatic N) is 3. The van der Waals surface area contributed by atoms with Crippen LogP contribution < -0.4 is 11.1 Å². The maximum absolute atomic E-state index is 11.8. The molecule has 0 aliphatic rings. The van der Waals surface area contributed by atoms with Crippen LogP contribution in [0.15, 0.2) is 21.2 Å². The third kappa shape index (κ3) is 1.41. The zero-order chi connectivity index (χ0) is 12.0. The monoisotopic (exact) mass is 249 g/mol. The SMILES string of the molecule is Cc1cc(=O)n2[nH]c(=O)c(-c3nncs3)c2[nH]1. The molecule has 3 aromatic rings. The predicted molar refractivity (Wildman–Crippen MR) is 62.3 cm³/mol. The molecule has 0 aromatic carbocycles. The van der Waals surface area contributed by atoms with Gasteiger partial charge in [0, 0.05) is 11.8 Å². The Morgan fingerprint density at radius 2 is 2.24 bits per heavy atom. The Bertz CT molecular complexity index is 795. The lowest BCUT2D eigenvalue weighted by Crippen LogP contribution is -2.15. The summed E-state index contributed by atoms with van der Waals surface area (Å²) in [5, 5.41) is 10.5. The Morgan fingerprint density at radius 1 is 1.41 bits per heavy atom. The fraction of sp³-hybridized carbons (Fsp3) is 0.111. The van der Waals surface area contributed by atoms with E-state index in [4.69, 9.17) is 0 Å². The van der Waals surface area contributed by atoms with Gasteiger partial charge in [-0.05, 0) is 6.92 Å². The van der Waals surface area contributed by atoms with E-state index in [1.54, 1.807) is 6.92 Å². The first-order valence-corrected chi connectivity index (χ1v) is 5.66. The predicted octanol–water partition coefficient (Wildman–Crippen LogP) is 0.143. The van der Waals surface area contributed by atoms with E-state index >= 15 is 0 Å². The van der Waals surface area contributed by atoms with E-state index in [-0.39, 0.29) is 11.1 Å². The summed E-state index contributed by atoms with van der Waals surface area (Å²) in [7, 11) is 0. The van der Waals surface area contributed by atoms with Gasteiger partial charge >= 0.3 is 0 Å². The van der Waals surface area contributed by atoms with Crippen LogP contribution in [0.4, 0.5) is 0 Å². The first-order valence-electron chi connectivity index (χ1n) is 4.78. The first kappa shape index (κ1) is 9.97. The highest BCUT2D eigenvalue weighted by atomic mass is 32.1. The van der Waals surface area contributed by atoms with Crippen LogP contribution in [-0.2, 0) is 0 Å². The number of hydrogen-bond acceptors (Lipinski definition) is 5. The molecule has 7 nitrogen and oxygen atoms in total. The number of rotatable bonds is 1. The Labute approximate surface area is 97.8 Å². The lowest BCUT2D eigenvalue weighted by atomic mass is 10.3. The quantitative estimate of drug-likeness (QED) is 0.641. The number of hydrogen-bond donors (Lipinski definition) is 2. The Hall–Kier alpha value is -2.22. The second-order valence-electron chi connectivity index (χ2n) is 3.53. The number of aromatic nitrogens is 5. The molecule has 0 spiro atoms. The van der Waals surface area contributed by atoms with Gasteiger partial charge in [0.2, 0.25) is 0 Å². The molecule has 0 unspecified atom stereocenters. The van der Waals surface area contributed by atoms with Crippen molar-refractivity contribution in [2.45, 2.75) is 6.92 Å². The van der Waals surface area contributed by atoms with Crippen molar-refractivity contribution in [3.8, 4) is 10.6 Å². The summed E-state index contributed by atoms with van der Waals surface area (Å²) in [6.07, 6.45) is 0. The molecule has 0 saturated carbocycles. The van der Waals surface area contributed by atoms with Crippen LogP contribution in [0.5, 0.6) is 0 Å². The molecular weight excluding hydrogens is 242 g/mol. The van der Waals surface area contributed by atoms with Gasteiger partial charge in [-0.25, -0.2) is 0 Å². The molecule has 3 heterocycles. The minimum absolute atomic E-state index is 0.288. The lowest BCUT2D eigenvalue weighted by molar-refractivity contribution is 0.875. The molecule has 3 aromatic heterocycles. The minimum Gasteiger partial charge on any atom is -0.343 e. The molecule has 0 aliphatic carbocycles. The van der Waals surface area contributed by atoms with Crippen LogP contribution in [0.25, 0.3) is 16.2 Å². The highest BCUT2D eigenvalue weighted by Gasteiger charge is 2.16. The van der Waals surface area contributed by atoms with Crippen LogP contribution in [0.3, 0.4) is 0 Å². The van der Waals surface area contributed by atoms with E-state index < -0.39 is 0 Å². The van der Waals surface area contributed by atoms with Gasteiger partial charge in [0.1, 0.15) is 16.7 Å². The topological polar surface area (TPSA) is 95.9 Å². The van der Waals surface area contributed by atoms with Crippen LogP contribution in [-0.4, -0.2) is 24.8 Å². The summed E-state index contributed by atoms with van der Waals surface area (Å²) in [6.45, 7) is 1.75. The van der Waals surface area contributed by atoms with Crippen molar-refractivity contribution in [2.24, 2.45) is 0 Å². The van der Waals surface area contributed by atoms with Crippen molar-refractivity contribution in [3.63, 3.8) is 0 Å². The van der Waals surface area contributed by atoms with Crippen molar-refractivity contribution in [3.05, 3.63) is 38.0 Å². The second kappa shape index (κ2) is 3.39. The highest BCUT2D eigenvalue weighted by Crippen LogP contribution is 2.19. The molecule has 0 amide bonds. The number of nitrogens with one attached hydrogen (secondary N) is 2. The molecule has 17 heavy (non-hydrogen) atoms. The Balaban J connectivity index is 2.51. The second-order valence-corrected chi connectivity index (χ2v) is 4.37. The van der Waals surface area contributed by atoms with Crippen LogP contribution in [0.1, 0.15) is 5.69 Å². The van der Waals surface area contributed by atoms with Gasteiger partial charge in [0.15, 0.2) is 5.01 Å². The number of aromatic amines is 2. The molecule has 0 saturated heterocycles. The Kier molecular flexibility index (Phi) is 1.99. The normalized spacial score (nSPS) is 11.1. The van der Waals surface area contributed by atoms with E-state index in [0.717, 1.165) is 0 Å². The molecule has 86 valence electrons. The minimum atomic E-state index is -0.360. The van der Waals surface area contributed by atoms with Gasteiger partial charge in [-0.1, -0.05) is 11.3 Å². The standard InChI is InChI=1S/C9H7N5O2S/c1-4-2-5(15)14-7(11-4)6(8(16)13-14)9-12-10-3-17-9/h2-3,11H,1H3,(H,13,16). The van der Waals surface area contributed by atoms with E-state index in [2.05, 4.69) is 20.3 Å². The zero-order valence-electron chi connectivity index (χ0n) is 8.72. The summed E-state index contributed by atoms with van der Waals surface area (Å²) in [6, 6.07) is 1.41. The van der Waals surface area contributed by atoms with E-state index in [1.165, 1.54) is 27.4 Å². The summed E-state index contributed by atoms with van der Waals surface area (Å²) in [4.78, 5) is 26.5. The lowest BCUT2D eigenvalue weighted by Gasteiger charge is -1.97. The van der Waals surface area contributed by atoms with Gasteiger partial charge in [-0.3, -0.25) is 14.7 Å². The maximum atomic E-state index is 11.8. The van der Waals surface area contributed by atoms with Gasteiger partial charge in [-0.15, -0.1) is 10.2 Å². The fourth-order valence-electron chi connectivity index (χ4n) is 1.67. The third-order valence-corrected chi connectivity index (χ3v) is 3.06. The molecule has 2 N–H and O–H groups in total. The molecule has 3 rings (SSSR count). The molecule has 0 radical (unpaired) electrons. The third-order valence-electron chi connectivity index (χ3n) is 2.35. The zero-order valence-corrected chi connectivity index (χ0v) is 9.54. The van der Waals surface area contributed by atoms with Gasteiger partial charge in [-0.2, -0.15) is 4.52 Å². The van der Waals surface area contributed by atoms with Crippen molar-refractivity contribution in [1.82, 2.24) is 24.8 Å². The summed E-state index contributed by atoms with van der Waals surface area (Å²) < 4.78 is 1.17. The first-order chi connectivity index (χ1) is 8.16. The summed E-state index contributed by atoms with van der Waals surface area (Å²) in [5.41, 5.74) is 2.32. The van der Waals surface area contributed by atoms with Crippen molar-refractivity contribution >= 4 is 17.0 Å². The molecular formula is C9H7N5O2S. The van der Waals surface area contributed by atoms with Gasteiger partial charge < -0.3 is 4.98 Å². The number of aryl methyl sites for hydroxylation is 1. The fourth-order valence-corrected chi connectivity index (χ4v) is 2.27. The molecule has 0 fully saturated rings. The van der Waals surface area contributed by atoms with Crippen LogP contribution in [0.2, 0.25) is 0 Å².